The van der Waals surface area contributed by atoms with Gasteiger partial charge in [0, 0.05) is 19.0 Å². The zero-order valence-electron chi connectivity index (χ0n) is 11.2. The van der Waals surface area contributed by atoms with E-state index in [0.29, 0.717) is 5.92 Å². The summed E-state index contributed by atoms with van der Waals surface area (Å²) in [6.07, 6.45) is 14.7. The van der Waals surface area contributed by atoms with Crippen LogP contribution in [0.4, 0.5) is 0 Å². The van der Waals surface area contributed by atoms with Gasteiger partial charge in [0.25, 0.3) is 0 Å². The summed E-state index contributed by atoms with van der Waals surface area (Å²) in [4.78, 5) is 11.4. The van der Waals surface area contributed by atoms with E-state index in [-0.39, 0.29) is 5.91 Å². The van der Waals surface area contributed by atoms with Crippen molar-refractivity contribution in [1.82, 2.24) is 5.32 Å². The van der Waals surface area contributed by atoms with Gasteiger partial charge in [-0.1, -0.05) is 44.4 Å². The lowest BCUT2D eigenvalue weighted by atomic mass is 10.1. The molecule has 0 radical (unpaired) electrons. The Kier molecular flexibility index (Phi) is 10.3. The summed E-state index contributed by atoms with van der Waals surface area (Å²) in [5.74, 6) is 8.12. The Bertz CT molecular complexity index is 388. The molecule has 0 spiro atoms. The van der Waals surface area contributed by atoms with Gasteiger partial charge in [0.1, 0.15) is 0 Å². The molecule has 2 heteroatoms. The standard InChI is InChI=1S/C16H21NO/c1-4-6-7-8-9-10-11-12-13-16(18)17-14-15(3)5-2/h1,10-13,15H,5,8-9,14H2,2-3H3,(H,17,18)/b11-10-,13-12-/t15-/m0/s1. The highest BCUT2D eigenvalue weighted by Crippen LogP contribution is 1.97. The highest BCUT2D eigenvalue weighted by atomic mass is 16.1. The van der Waals surface area contributed by atoms with Crippen LogP contribution < -0.4 is 5.32 Å². The topological polar surface area (TPSA) is 29.1 Å². The first-order chi connectivity index (χ1) is 8.70. The molecule has 1 N–H and O–H groups in total. The van der Waals surface area contributed by atoms with Crippen molar-refractivity contribution >= 4 is 5.91 Å². The normalized spacial score (nSPS) is 11.8. The van der Waals surface area contributed by atoms with E-state index >= 15 is 0 Å². The molecule has 0 aromatic rings. The number of amides is 1. The van der Waals surface area contributed by atoms with E-state index in [0.717, 1.165) is 25.8 Å². The number of nitrogens with one attached hydrogen (secondary N) is 1. The molecule has 0 saturated carbocycles. The number of hydrogen-bond acceptors (Lipinski definition) is 1. The lowest BCUT2D eigenvalue weighted by Crippen LogP contribution is -2.26. The highest BCUT2D eigenvalue weighted by Gasteiger charge is 1.99. The molecule has 0 unspecified atom stereocenters. The Morgan fingerprint density at radius 3 is 2.89 bits per heavy atom. The Morgan fingerprint density at radius 1 is 1.44 bits per heavy atom. The van der Waals surface area contributed by atoms with Crippen LogP contribution >= 0.6 is 0 Å². The molecule has 1 amide bonds. The number of allylic oxidation sites excluding steroid dienone is 3. The van der Waals surface area contributed by atoms with Gasteiger partial charge >= 0.3 is 0 Å². The molecule has 0 saturated heterocycles. The van der Waals surface area contributed by atoms with Crippen LogP contribution in [-0.4, -0.2) is 12.5 Å². The second-order valence-corrected chi connectivity index (χ2v) is 4.03. The van der Waals surface area contributed by atoms with E-state index in [4.69, 9.17) is 6.42 Å². The minimum atomic E-state index is -0.0490. The number of unbranched alkanes of at least 4 members (excludes halogenated alkanes) is 1. The molecule has 0 aliphatic carbocycles. The average Bonchev–Trinajstić information content (AvgIpc) is 2.39. The molecule has 0 aromatic carbocycles. The van der Waals surface area contributed by atoms with Crippen molar-refractivity contribution < 1.29 is 4.79 Å². The largest absolute Gasteiger partial charge is 0.352 e. The van der Waals surface area contributed by atoms with E-state index in [9.17, 15) is 4.79 Å². The predicted octanol–water partition coefficient (Wildman–Crippen LogP) is 2.68. The zero-order chi connectivity index (χ0) is 13.6. The van der Waals surface area contributed by atoms with Crippen molar-refractivity contribution in [2.75, 3.05) is 6.54 Å². The summed E-state index contributed by atoms with van der Waals surface area (Å²) >= 11 is 0. The summed E-state index contributed by atoms with van der Waals surface area (Å²) in [6.45, 7) is 4.95. The summed E-state index contributed by atoms with van der Waals surface area (Å²) < 4.78 is 0. The Morgan fingerprint density at radius 2 is 2.22 bits per heavy atom. The Balaban J connectivity index is 3.71. The molecule has 0 aromatic heterocycles. The third kappa shape index (κ3) is 10.6. The van der Waals surface area contributed by atoms with Gasteiger partial charge in [0.15, 0.2) is 0 Å². The van der Waals surface area contributed by atoms with E-state index in [1.54, 1.807) is 6.08 Å². The van der Waals surface area contributed by atoms with Crippen molar-refractivity contribution in [3.8, 4) is 24.2 Å². The van der Waals surface area contributed by atoms with Crippen LogP contribution in [-0.2, 0) is 4.79 Å². The monoisotopic (exact) mass is 243 g/mol. The van der Waals surface area contributed by atoms with Crippen LogP contribution in [0.3, 0.4) is 0 Å². The molecule has 96 valence electrons. The number of hydrogen-bond donors (Lipinski definition) is 1. The minimum Gasteiger partial charge on any atom is -0.352 e. The van der Waals surface area contributed by atoms with Gasteiger partial charge in [-0.15, -0.1) is 6.42 Å². The van der Waals surface area contributed by atoms with Gasteiger partial charge in [0.05, 0.1) is 0 Å². The third-order valence-electron chi connectivity index (χ3n) is 2.41. The maximum atomic E-state index is 11.4. The van der Waals surface area contributed by atoms with Crippen LogP contribution in [0.2, 0.25) is 0 Å². The molecule has 1 atom stereocenters. The predicted molar refractivity (Wildman–Crippen MR) is 76.6 cm³/mol. The van der Waals surface area contributed by atoms with E-state index < -0.39 is 0 Å². The van der Waals surface area contributed by atoms with Crippen LogP contribution in [0.1, 0.15) is 33.1 Å². The molecule has 2 nitrogen and oxygen atoms in total. The Labute approximate surface area is 111 Å². The third-order valence-corrected chi connectivity index (χ3v) is 2.41. The van der Waals surface area contributed by atoms with Gasteiger partial charge in [0.2, 0.25) is 5.91 Å². The fourth-order valence-corrected chi connectivity index (χ4v) is 1.06. The van der Waals surface area contributed by atoms with Gasteiger partial charge in [-0.05, 0) is 24.2 Å². The highest BCUT2D eigenvalue weighted by molar-refractivity contribution is 5.87. The van der Waals surface area contributed by atoms with Gasteiger partial charge in [-0.25, -0.2) is 0 Å². The lowest BCUT2D eigenvalue weighted by molar-refractivity contribution is -0.116. The SMILES string of the molecule is C#CC#CCC/C=C\C=C/C(=O)NC[C@@H](C)CC. The van der Waals surface area contributed by atoms with Crippen molar-refractivity contribution in [3.05, 3.63) is 24.3 Å². The van der Waals surface area contributed by atoms with Gasteiger partial charge in [-0.2, -0.15) is 0 Å². The zero-order valence-corrected chi connectivity index (χ0v) is 11.2. The molecule has 18 heavy (non-hydrogen) atoms. The van der Waals surface area contributed by atoms with Crippen LogP contribution in [0.5, 0.6) is 0 Å². The van der Waals surface area contributed by atoms with Crippen LogP contribution in [0, 0.1) is 30.1 Å². The van der Waals surface area contributed by atoms with Crippen molar-refractivity contribution in [3.63, 3.8) is 0 Å². The van der Waals surface area contributed by atoms with Crippen LogP contribution in [0.15, 0.2) is 24.3 Å². The summed E-state index contributed by atoms with van der Waals surface area (Å²) in [5, 5.41) is 2.85. The fraction of sp³-hybridized carbons (Fsp3) is 0.438. The number of rotatable bonds is 7. The van der Waals surface area contributed by atoms with Gasteiger partial charge < -0.3 is 5.32 Å². The average molecular weight is 243 g/mol. The molecular formula is C16H21NO. The molecular weight excluding hydrogens is 222 g/mol. The Hall–Kier alpha value is -1.93. The molecule has 0 heterocycles. The second kappa shape index (κ2) is 11.6. The maximum absolute atomic E-state index is 11.4. The molecule has 0 rings (SSSR count). The van der Waals surface area contributed by atoms with Crippen molar-refractivity contribution in [1.29, 1.82) is 0 Å². The first-order valence-corrected chi connectivity index (χ1v) is 6.25. The summed E-state index contributed by atoms with van der Waals surface area (Å²) in [5.41, 5.74) is 0. The second-order valence-electron chi connectivity index (χ2n) is 4.03. The maximum Gasteiger partial charge on any atom is 0.243 e. The summed E-state index contributed by atoms with van der Waals surface area (Å²) in [7, 11) is 0. The minimum absolute atomic E-state index is 0.0490. The van der Waals surface area contributed by atoms with Crippen molar-refractivity contribution in [2.24, 2.45) is 5.92 Å². The lowest BCUT2D eigenvalue weighted by Gasteiger charge is -2.07. The van der Waals surface area contributed by atoms with Gasteiger partial charge in [-0.3, -0.25) is 4.79 Å². The summed E-state index contributed by atoms with van der Waals surface area (Å²) in [6, 6.07) is 0. The number of carbonyl (C=O) groups excluding carboxylic acids is 1. The smallest absolute Gasteiger partial charge is 0.243 e. The van der Waals surface area contributed by atoms with E-state index in [2.05, 4.69) is 36.9 Å². The first-order valence-electron chi connectivity index (χ1n) is 6.25. The first kappa shape index (κ1) is 16.1. The molecule has 0 fully saturated rings. The quantitative estimate of drug-likeness (QED) is 0.317. The molecule has 0 aliphatic rings. The molecule has 0 aliphatic heterocycles. The fourth-order valence-electron chi connectivity index (χ4n) is 1.06. The van der Waals surface area contributed by atoms with E-state index in [1.807, 2.05) is 12.2 Å². The van der Waals surface area contributed by atoms with Crippen LogP contribution in [0.25, 0.3) is 0 Å². The number of carbonyl (C=O) groups is 1. The molecule has 0 bridgehead atoms. The van der Waals surface area contributed by atoms with E-state index in [1.165, 1.54) is 6.08 Å². The number of terminal acetylenes is 1. The van der Waals surface area contributed by atoms with Crippen molar-refractivity contribution in [2.45, 2.75) is 33.1 Å².